The van der Waals surface area contributed by atoms with Gasteiger partial charge in [0.25, 0.3) is 0 Å². The molecule has 2 fully saturated rings. The van der Waals surface area contributed by atoms with Gasteiger partial charge in [-0.1, -0.05) is 6.42 Å². The van der Waals surface area contributed by atoms with Crippen molar-refractivity contribution in [3.63, 3.8) is 0 Å². The molecule has 0 aromatic heterocycles. The van der Waals surface area contributed by atoms with Crippen LogP contribution in [-0.2, 0) is 14.3 Å². The first-order valence-corrected chi connectivity index (χ1v) is 8.92. The highest BCUT2D eigenvalue weighted by Crippen LogP contribution is 2.33. The van der Waals surface area contributed by atoms with Crippen LogP contribution in [0.5, 0.6) is 0 Å². The summed E-state index contributed by atoms with van der Waals surface area (Å²) in [4.78, 5) is 33.4. The number of nitrogens with two attached hydrogens (primary N) is 1. The lowest BCUT2D eigenvalue weighted by atomic mass is 10.0. The largest absolute Gasteiger partial charge is 0.370 e. The lowest BCUT2D eigenvalue weighted by molar-refractivity contribution is -0.122. The third-order valence-electron chi connectivity index (χ3n) is 3.89. The molecular weight excluding hydrogens is 320 g/mol. The van der Waals surface area contributed by atoms with Crippen molar-refractivity contribution < 1.29 is 19.1 Å². The van der Waals surface area contributed by atoms with Gasteiger partial charge >= 0.3 is 6.03 Å². The summed E-state index contributed by atoms with van der Waals surface area (Å²) in [5.41, 5.74) is 4.93. The van der Waals surface area contributed by atoms with Gasteiger partial charge in [0.15, 0.2) is 0 Å². The molecule has 9 heteroatoms. The number of hydrogen-bond acceptors (Lipinski definition) is 5. The Morgan fingerprint density at radius 3 is 2.96 bits per heavy atom. The fourth-order valence-electron chi connectivity index (χ4n) is 2.80. The monoisotopic (exact) mass is 344 g/mol. The van der Waals surface area contributed by atoms with Gasteiger partial charge in [0, 0.05) is 24.0 Å². The molecule has 0 aromatic rings. The van der Waals surface area contributed by atoms with E-state index in [-0.39, 0.29) is 37.2 Å². The van der Waals surface area contributed by atoms with Gasteiger partial charge in [-0.05, 0) is 12.8 Å². The summed E-state index contributed by atoms with van der Waals surface area (Å²) in [5, 5.41) is 9.06. The van der Waals surface area contributed by atoms with Gasteiger partial charge in [-0.2, -0.15) is 11.8 Å². The van der Waals surface area contributed by atoms with Crippen LogP contribution in [0.15, 0.2) is 0 Å². The number of ether oxygens (including phenoxy) is 1. The summed E-state index contributed by atoms with van der Waals surface area (Å²) in [6.07, 6.45) is 3.26. The van der Waals surface area contributed by atoms with Gasteiger partial charge in [0.2, 0.25) is 11.8 Å². The molecule has 0 aromatic carbocycles. The Morgan fingerprint density at radius 1 is 1.35 bits per heavy atom. The molecule has 5 N–H and O–H groups in total. The van der Waals surface area contributed by atoms with Crippen LogP contribution in [0.4, 0.5) is 4.79 Å². The van der Waals surface area contributed by atoms with E-state index in [0.717, 1.165) is 25.0 Å². The van der Waals surface area contributed by atoms with E-state index in [1.165, 1.54) is 0 Å². The van der Waals surface area contributed by atoms with Crippen LogP contribution < -0.4 is 21.7 Å². The number of hydrogen-bond donors (Lipinski definition) is 4. The maximum Gasteiger partial charge on any atom is 0.315 e. The van der Waals surface area contributed by atoms with Crippen LogP contribution in [0.25, 0.3) is 0 Å². The van der Waals surface area contributed by atoms with E-state index < -0.39 is 5.91 Å². The predicted octanol–water partition coefficient (Wildman–Crippen LogP) is -0.670. The Labute approximate surface area is 139 Å². The standard InChI is InChI=1S/C14H24N4O4S/c15-11(19)7-22-6-5-16-12(20)4-2-1-3-10-13-9(8-23-10)17-14(21)18-13/h9-10,13H,1-8H2,(H2,15,19)(H,16,20)(H2,17,18,21)/t9-,10-,13-/m0/s1. The first-order valence-electron chi connectivity index (χ1n) is 7.87. The van der Waals surface area contributed by atoms with E-state index in [0.29, 0.717) is 18.2 Å². The SMILES string of the molecule is NC(=O)COCCNC(=O)CCCC[C@@H]1SC[C@@H]2NC(=O)N[C@@H]21. The zero-order valence-corrected chi connectivity index (χ0v) is 13.8. The molecule has 3 atom stereocenters. The van der Waals surface area contributed by atoms with Crippen LogP contribution in [0.3, 0.4) is 0 Å². The van der Waals surface area contributed by atoms with E-state index in [1.807, 2.05) is 11.8 Å². The average molecular weight is 344 g/mol. The number of rotatable bonds is 10. The smallest absolute Gasteiger partial charge is 0.315 e. The van der Waals surface area contributed by atoms with Crippen molar-refractivity contribution in [1.82, 2.24) is 16.0 Å². The molecule has 0 spiro atoms. The molecule has 0 saturated carbocycles. The first kappa shape index (κ1) is 17.9. The van der Waals surface area contributed by atoms with Gasteiger partial charge in [-0.15, -0.1) is 0 Å². The number of carbonyl (C=O) groups excluding carboxylic acids is 3. The Kier molecular flexibility index (Phi) is 6.97. The highest BCUT2D eigenvalue weighted by Gasteiger charge is 2.42. The minimum Gasteiger partial charge on any atom is -0.370 e. The Bertz CT molecular complexity index is 448. The third kappa shape index (κ3) is 5.91. The van der Waals surface area contributed by atoms with Crippen molar-refractivity contribution >= 4 is 29.6 Å². The molecule has 0 unspecified atom stereocenters. The van der Waals surface area contributed by atoms with Crippen molar-refractivity contribution in [1.29, 1.82) is 0 Å². The number of carbonyl (C=O) groups is 3. The lowest BCUT2D eigenvalue weighted by Gasteiger charge is -2.16. The topological polar surface area (TPSA) is 123 Å². The van der Waals surface area contributed by atoms with E-state index >= 15 is 0 Å². The predicted molar refractivity (Wildman–Crippen MR) is 87.0 cm³/mol. The highest BCUT2D eigenvalue weighted by molar-refractivity contribution is 8.00. The molecular formula is C14H24N4O4S. The highest BCUT2D eigenvalue weighted by atomic mass is 32.2. The van der Waals surface area contributed by atoms with Gasteiger partial charge in [0.1, 0.15) is 6.61 Å². The zero-order valence-electron chi connectivity index (χ0n) is 13.0. The third-order valence-corrected chi connectivity index (χ3v) is 5.40. The minimum absolute atomic E-state index is 0.0135. The van der Waals surface area contributed by atoms with E-state index in [4.69, 9.17) is 10.5 Å². The molecule has 2 saturated heterocycles. The molecule has 2 aliphatic rings. The second-order valence-electron chi connectivity index (χ2n) is 5.74. The number of thioether (sulfide) groups is 1. The molecule has 8 nitrogen and oxygen atoms in total. The first-order chi connectivity index (χ1) is 11.1. The summed E-state index contributed by atoms with van der Waals surface area (Å²) in [7, 11) is 0. The van der Waals surface area contributed by atoms with Crippen molar-refractivity contribution in [2.45, 2.75) is 43.0 Å². The van der Waals surface area contributed by atoms with Crippen molar-refractivity contribution in [2.75, 3.05) is 25.5 Å². The van der Waals surface area contributed by atoms with Crippen molar-refractivity contribution in [3.8, 4) is 0 Å². The van der Waals surface area contributed by atoms with E-state index in [1.54, 1.807) is 0 Å². The zero-order chi connectivity index (χ0) is 16.7. The van der Waals surface area contributed by atoms with Crippen LogP contribution >= 0.6 is 11.8 Å². The van der Waals surface area contributed by atoms with E-state index in [9.17, 15) is 14.4 Å². The van der Waals surface area contributed by atoms with Crippen LogP contribution in [-0.4, -0.2) is 60.7 Å². The average Bonchev–Trinajstić information content (AvgIpc) is 3.02. The summed E-state index contributed by atoms with van der Waals surface area (Å²) in [6.45, 7) is 0.539. The summed E-state index contributed by atoms with van der Waals surface area (Å²) in [6, 6.07) is 0.410. The molecule has 2 rings (SSSR count). The number of nitrogens with one attached hydrogen (secondary N) is 3. The van der Waals surface area contributed by atoms with Crippen LogP contribution in [0.2, 0.25) is 0 Å². The summed E-state index contributed by atoms with van der Waals surface area (Å²) >= 11 is 1.88. The Morgan fingerprint density at radius 2 is 2.17 bits per heavy atom. The molecule has 2 heterocycles. The number of fused-ring (bicyclic) bond motifs is 1. The van der Waals surface area contributed by atoms with Gasteiger partial charge in [-0.25, -0.2) is 4.79 Å². The Balaban J connectivity index is 1.48. The number of amides is 4. The minimum atomic E-state index is -0.517. The molecule has 130 valence electrons. The molecule has 0 aliphatic carbocycles. The fraction of sp³-hybridized carbons (Fsp3) is 0.786. The van der Waals surface area contributed by atoms with Crippen LogP contribution in [0, 0.1) is 0 Å². The second kappa shape index (κ2) is 8.97. The molecule has 0 radical (unpaired) electrons. The molecule has 2 aliphatic heterocycles. The normalized spacial score (nSPS) is 25.6. The molecule has 0 bridgehead atoms. The van der Waals surface area contributed by atoms with Crippen molar-refractivity contribution in [3.05, 3.63) is 0 Å². The van der Waals surface area contributed by atoms with Gasteiger partial charge < -0.3 is 26.4 Å². The maximum atomic E-state index is 11.6. The van der Waals surface area contributed by atoms with E-state index in [2.05, 4.69) is 16.0 Å². The summed E-state index contributed by atoms with van der Waals surface area (Å²) in [5.74, 6) is 0.428. The number of primary amides is 1. The van der Waals surface area contributed by atoms with Crippen molar-refractivity contribution in [2.24, 2.45) is 5.73 Å². The van der Waals surface area contributed by atoms with Gasteiger partial charge in [0.05, 0.1) is 18.7 Å². The number of unbranched alkanes of at least 4 members (excludes halogenated alkanes) is 1. The summed E-state index contributed by atoms with van der Waals surface area (Å²) < 4.78 is 4.95. The second-order valence-corrected chi connectivity index (χ2v) is 7.01. The molecule has 4 amide bonds. The maximum absolute atomic E-state index is 11.6. The van der Waals surface area contributed by atoms with Gasteiger partial charge in [-0.3, -0.25) is 9.59 Å². The quantitative estimate of drug-likeness (QED) is 0.309. The van der Waals surface area contributed by atoms with Crippen LogP contribution in [0.1, 0.15) is 25.7 Å². The number of urea groups is 1. The lowest BCUT2D eigenvalue weighted by Crippen LogP contribution is -2.36. The molecule has 23 heavy (non-hydrogen) atoms. The fourth-order valence-corrected chi connectivity index (χ4v) is 4.34. The Hall–Kier alpha value is -1.48.